The Morgan fingerprint density at radius 3 is 2.39 bits per heavy atom. The average Bonchev–Trinajstić information content (AvgIpc) is 3.08. The number of nitro groups is 1. The third-order valence-corrected chi connectivity index (χ3v) is 5.51. The highest BCUT2D eigenvalue weighted by molar-refractivity contribution is 8.00. The minimum absolute atomic E-state index is 0. The molecule has 0 saturated carbocycles. The Labute approximate surface area is 145 Å². The first-order valence-electron chi connectivity index (χ1n) is 7.45. The number of carbonyl (C=O) groups is 1. The molecule has 0 spiro atoms. The van der Waals surface area contributed by atoms with Crippen molar-refractivity contribution in [3.63, 3.8) is 0 Å². The summed E-state index contributed by atoms with van der Waals surface area (Å²) in [5.74, 6) is 1.36. The number of non-ortho nitro benzene ring substituents is 1. The number of hydrogen-bond donors (Lipinski definition) is 1. The van der Waals surface area contributed by atoms with Gasteiger partial charge in [0, 0.05) is 43.2 Å². The van der Waals surface area contributed by atoms with Crippen LogP contribution in [-0.4, -0.2) is 47.2 Å². The second kappa shape index (κ2) is 7.51. The highest BCUT2D eigenvalue weighted by Crippen LogP contribution is 2.30. The fourth-order valence-corrected chi connectivity index (χ4v) is 4.14. The van der Waals surface area contributed by atoms with Crippen LogP contribution in [0.3, 0.4) is 0 Å². The predicted molar refractivity (Wildman–Crippen MR) is 92.1 cm³/mol. The zero-order valence-corrected chi connectivity index (χ0v) is 14.4. The minimum Gasteiger partial charge on any atom is -0.341 e. The zero-order valence-electron chi connectivity index (χ0n) is 12.8. The lowest BCUT2D eigenvalue weighted by Crippen LogP contribution is -2.36. The molecule has 23 heavy (non-hydrogen) atoms. The summed E-state index contributed by atoms with van der Waals surface area (Å²) < 4.78 is 0. The van der Waals surface area contributed by atoms with Crippen LogP contribution in [0, 0.1) is 22.0 Å². The van der Waals surface area contributed by atoms with Gasteiger partial charge in [-0.15, -0.1) is 24.2 Å². The van der Waals surface area contributed by atoms with Gasteiger partial charge in [-0.3, -0.25) is 14.9 Å². The molecule has 3 rings (SSSR count). The molecule has 2 fully saturated rings. The van der Waals surface area contributed by atoms with Crippen molar-refractivity contribution < 1.29 is 9.72 Å². The molecule has 1 unspecified atom stereocenters. The lowest BCUT2D eigenvalue weighted by atomic mass is 10.0. The number of halogens is 1. The van der Waals surface area contributed by atoms with E-state index in [0.717, 1.165) is 31.1 Å². The molecule has 1 N–H and O–H groups in total. The van der Waals surface area contributed by atoms with Gasteiger partial charge >= 0.3 is 0 Å². The minimum atomic E-state index is -0.417. The summed E-state index contributed by atoms with van der Waals surface area (Å²) in [5.41, 5.74) is 0.0724. The van der Waals surface area contributed by atoms with Crippen LogP contribution in [-0.2, 0) is 4.79 Å². The monoisotopic (exact) mass is 357 g/mol. The molecule has 2 aliphatic rings. The van der Waals surface area contributed by atoms with Gasteiger partial charge in [0.1, 0.15) is 0 Å². The van der Waals surface area contributed by atoms with E-state index in [1.165, 1.54) is 23.9 Å². The van der Waals surface area contributed by atoms with Gasteiger partial charge in [0.2, 0.25) is 5.91 Å². The first-order valence-corrected chi connectivity index (χ1v) is 8.33. The molecule has 2 saturated heterocycles. The van der Waals surface area contributed by atoms with Gasteiger partial charge < -0.3 is 10.2 Å². The lowest BCUT2D eigenvalue weighted by Gasteiger charge is -2.21. The Morgan fingerprint density at radius 1 is 1.30 bits per heavy atom. The molecule has 0 bridgehead atoms. The normalized spacial score (nSPS) is 24.0. The van der Waals surface area contributed by atoms with Gasteiger partial charge in [0.05, 0.1) is 10.2 Å². The Bertz CT molecular complexity index is 572. The molecule has 1 aromatic carbocycles. The maximum atomic E-state index is 12.5. The highest BCUT2D eigenvalue weighted by atomic mass is 35.5. The molecule has 2 heterocycles. The van der Waals surface area contributed by atoms with Crippen LogP contribution in [0.2, 0.25) is 0 Å². The smallest absolute Gasteiger partial charge is 0.269 e. The number of likely N-dealkylation sites (tertiary alicyclic amines) is 1. The van der Waals surface area contributed by atoms with Crippen molar-refractivity contribution in [1.82, 2.24) is 10.2 Å². The fourth-order valence-electron chi connectivity index (χ4n) is 3.19. The third kappa shape index (κ3) is 3.97. The van der Waals surface area contributed by atoms with Crippen molar-refractivity contribution in [2.24, 2.45) is 11.8 Å². The summed E-state index contributed by atoms with van der Waals surface area (Å²) in [4.78, 5) is 25.6. The van der Waals surface area contributed by atoms with Gasteiger partial charge in [-0.1, -0.05) is 0 Å². The van der Waals surface area contributed by atoms with Gasteiger partial charge in [-0.25, -0.2) is 0 Å². The summed E-state index contributed by atoms with van der Waals surface area (Å²) in [7, 11) is 0. The van der Waals surface area contributed by atoms with Crippen LogP contribution in [0.25, 0.3) is 0 Å². The first kappa shape index (κ1) is 18.0. The quantitative estimate of drug-likeness (QED) is 0.508. The number of amides is 1. The molecule has 8 heteroatoms. The van der Waals surface area contributed by atoms with Crippen LogP contribution in [0.4, 0.5) is 5.69 Å². The van der Waals surface area contributed by atoms with E-state index < -0.39 is 4.92 Å². The molecule has 0 aliphatic carbocycles. The standard InChI is InChI=1S/C15H19N3O3S.ClH/c1-10(22-14-4-2-13(3-5-14)18(20)21)15(19)17-8-11-6-16-7-12(11)9-17;/h2-5,10-12,16H,6-9H2,1H3;1H/t10?,11-,12+;. The van der Waals surface area contributed by atoms with E-state index >= 15 is 0 Å². The van der Waals surface area contributed by atoms with Crippen molar-refractivity contribution in [1.29, 1.82) is 0 Å². The van der Waals surface area contributed by atoms with Crippen LogP contribution in [0.15, 0.2) is 29.2 Å². The van der Waals surface area contributed by atoms with E-state index in [2.05, 4.69) is 5.32 Å². The van der Waals surface area contributed by atoms with Gasteiger partial charge in [0.25, 0.3) is 5.69 Å². The van der Waals surface area contributed by atoms with Crippen LogP contribution in [0.1, 0.15) is 6.92 Å². The Balaban J connectivity index is 0.00000192. The topological polar surface area (TPSA) is 75.5 Å². The molecule has 3 atom stereocenters. The van der Waals surface area contributed by atoms with Crippen LogP contribution in [0.5, 0.6) is 0 Å². The van der Waals surface area contributed by atoms with Crippen molar-refractivity contribution in [2.75, 3.05) is 26.2 Å². The molecule has 1 amide bonds. The maximum absolute atomic E-state index is 12.5. The molecule has 0 radical (unpaired) electrons. The number of hydrogen-bond acceptors (Lipinski definition) is 5. The van der Waals surface area contributed by atoms with Gasteiger partial charge in [0.15, 0.2) is 0 Å². The number of nitrogens with one attached hydrogen (secondary N) is 1. The Morgan fingerprint density at radius 2 is 1.87 bits per heavy atom. The summed E-state index contributed by atoms with van der Waals surface area (Å²) in [6.45, 7) is 5.63. The summed E-state index contributed by atoms with van der Waals surface area (Å²) in [6.07, 6.45) is 0. The fraction of sp³-hybridized carbons (Fsp3) is 0.533. The molecule has 1 aromatic rings. The average molecular weight is 358 g/mol. The van der Waals surface area contributed by atoms with Gasteiger partial charge in [-0.2, -0.15) is 0 Å². The van der Waals surface area contributed by atoms with Gasteiger partial charge in [-0.05, 0) is 30.9 Å². The molecule has 126 valence electrons. The van der Waals surface area contributed by atoms with Crippen molar-refractivity contribution in [3.05, 3.63) is 34.4 Å². The van der Waals surface area contributed by atoms with Crippen molar-refractivity contribution >= 4 is 35.8 Å². The zero-order chi connectivity index (χ0) is 15.7. The Kier molecular flexibility index (Phi) is 5.89. The lowest BCUT2D eigenvalue weighted by molar-refractivity contribution is -0.384. The molecule has 0 aromatic heterocycles. The number of fused-ring (bicyclic) bond motifs is 1. The third-order valence-electron chi connectivity index (χ3n) is 4.41. The first-order chi connectivity index (χ1) is 10.5. The van der Waals surface area contributed by atoms with E-state index in [-0.39, 0.29) is 29.3 Å². The largest absolute Gasteiger partial charge is 0.341 e. The highest BCUT2D eigenvalue weighted by Gasteiger charge is 2.39. The van der Waals surface area contributed by atoms with E-state index in [9.17, 15) is 14.9 Å². The number of nitrogens with zero attached hydrogens (tertiary/aromatic N) is 2. The molecule has 2 aliphatic heterocycles. The summed E-state index contributed by atoms with van der Waals surface area (Å²) >= 11 is 1.46. The van der Waals surface area contributed by atoms with Crippen molar-refractivity contribution in [2.45, 2.75) is 17.1 Å². The maximum Gasteiger partial charge on any atom is 0.269 e. The molecule has 6 nitrogen and oxygen atoms in total. The van der Waals surface area contributed by atoms with Crippen molar-refractivity contribution in [3.8, 4) is 0 Å². The number of benzene rings is 1. The van der Waals surface area contributed by atoms with E-state index in [1.54, 1.807) is 12.1 Å². The van der Waals surface area contributed by atoms with E-state index in [4.69, 9.17) is 0 Å². The second-order valence-corrected chi connectivity index (χ2v) is 7.35. The second-order valence-electron chi connectivity index (χ2n) is 5.93. The number of carbonyl (C=O) groups excluding carboxylic acids is 1. The predicted octanol–water partition coefficient (Wildman–Crippen LogP) is 2.18. The van der Waals surface area contributed by atoms with Crippen LogP contribution >= 0.6 is 24.2 Å². The summed E-state index contributed by atoms with van der Waals surface area (Å²) in [5, 5.41) is 13.8. The Hall–Kier alpha value is -1.31. The van der Waals surface area contributed by atoms with Crippen LogP contribution < -0.4 is 5.32 Å². The molecular formula is C15H20ClN3O3S. The van der Waals surface area contributed by atoms with E-state index in [0.29, 0.717) is 11.8 Å². The SMILES string of the molecule is CC(Sc1ccc([N+](=O)[O-])cc1)C(=O)N1C[C@H]2CNC[C@H]2C1.Cl. The number of thioether (sulfide) groups is 1. The molecular weight excluding hydrogens is 338 g/mol. The number of rotatable bonds is 4. The van der Waals surface area contributed by atoms with E-state index in [1.807, 2.05) is 11.8 Å². The number of nitro benzene ring substituents is 1. The summed E-state index contributed by atoms with van der Waals surface area (Å²) in [6, 6.07) is 6.36.